The minimum Gasteiger partial charge on any atom is -0.480 e. The predicted octanol–water partition coefficient (Wildman–Crippen LogP) is 0.910. The third kappa shape index (κ3) is 3.47. The highest BCUT2D eigenvalue weighted by Crippen LogP contribution is 2.27. The van der Waals surface area contributed by atoms with Crippen molar-refractivity contribution in [2.45, 2.75) is 38.6 Å². The molecule has 0 aromatic rings. The van der Waals surface area contributed by atoms with Crippen LogP contribution in [0.25, 0.3) is 0 Å². The van der Waals surface area contributed by atoms with Crippen LogP contribution in [0.1, 0.15) is 33.1 Å². The van der Waals surface area contributed by atoms with E-state index >= 15 is 0 Å². The van der Waals surface area contributed by atoms with Crippen LogP contribution in [0.15, 0.2) is 0 Å². The fourth-order valence-electron chi connectivity index (χ4n) is 1.88. The number of nitrogens with two attached hydrogens (primary N) is 1. The van der Waals surface area contributed by atoms with Crippen molar-refractivity contribution < 1.29 is 9.90 Å². The molecule has 4 nitrogen and oxygen atoms in total. The van der Waals surface area contributed by atoms with Crippen LogP contribution in [0.3, 0.4) is 0 Å². The molecule has 1 saturated carbocycles. The second-order valence-electron chi connectivity index (χ2n) is 4.85. The molecular formula is C11H22N2O2. The van der Waals surface area contributed by atoms with Crippen LogP contribution in [0, 0.1) is 5.92 Å². The Labute approximate surface area is 91.4 Å². The number of nitrogens with zero attached hydrogens (tertiary/aromatic N) is 1. The summed E-state index contributed by atoms with van der Waals surface area (Å²) in [7, 11) is 0. The van der Waals surface area contributed by atoms with E-state index in [-0.39, 0.29) is 0 Å². The van der Waals surface area contributed by atoms with Crippen molar-refractivity contribution in [3.05, 3.63) is 0 Å². The van der Waals surface area contributed by atoms with E-state index in [4.69, 9.17) is 10.8 Å². The third-order valence-corrected chi connectivity index (χ3v) is 3.23. The van der Waals surface area contributed by atoms with Crippen LogP contribution in [0.2, 0.25) is 0 Å². The minimum atomic E-state index is -1.13. The Morgan fingerprint density at radius 2 is 2.20 bits per heavy atom. The van der Waals surface area contributed by atoms with E-state index in [0.29, 0.717) is 6.54 Å². The summed E-state index contributed by atoms with van der Waals surface area (Å²) in [5.74, 6) is -0.163. The largest absolute Gasteiger partial charge is 0.480 e. The van der Waals surface area contributed by atoms with Crippen molar-refractivity contribution in [2.75, 3.05) is 19.6 Å². The Hall–Kier alpha value is -0.610. The molecule has 0 spiro atoms. The van der Waals surface area contributed by atoms with Gasteiger partial charge in [0.05, 0.1) is 0 Å². The zero-order valence-electron chi connectivity index (χ0n) is 9.70. The van der Waals surface area contributed by atoms with Crippen LogP contribution < -0.4 is 5.73 Å². The van der Waals surface area contributed by atoms with Crippen molar-refractivity contribution in [3.8, 4) is 0 Å². The Morgan fingerprint density at radius 3 is 2.53 bits per heavy atom. The van der Waals surface area contributed by atoms with Gasteiger partial charge >= 0.3 is 5.97 Å². The van der Waals surface area contributed by atoms with E-state index in [1.807, 2.05) is 0 Å². The molecule has 15 heavy (non-hydrogen) atoms. The number of likely N-dealkylation sites (N-methyl/N-ethyl adjacent to an activating group) is 1. The smallest absolute Gasteiger partial charge is 0.324 e. The first kappa shape index (κ1) is 12.5. The van der Waals surface area contributed by atoms with E-state index < -0.39 is 11.5 Å². The van der Waals surface area contributed by atoms with Crippen LogP contribution in [-0.2, 0) is 4.79 Å². The molecule has 4 heteroatoms. The highest BCUT2D eigenvalue weighted by Gasteiger charge is 2.31. The molecule has 0 aromatic carbocycles. The maximum absolute atomic E-state index is 10.9. The van der Waals surface area contributed by atoms with E-state index in [9.17, 15) is 4.79 Å². The van der Waals surface area contributed by atoms with E-state index in [1.54, 1.807) is 6.92 Å². The lowest BCUT2D eigenvalue weighted by molar-refractivity contribution is -0.143. The van der Waals surface area contributed by atoms with Gasteiger partial charge in [-0.1, -0.05) is 13.3 Å². The van der Waals surface area contributed by atoms with Crippen molar-refractivity contribution in [1.29, 1.82) is 0 Å². The molecule has 0 amide bonds. The summed E-state index contributed by atoms with van der Waals surface area (Å²) in [6.07, 6.45) is 3.89. The highest BCUT2D eigenvalue weighted by atomic mass is 16.4. The van der Waals surface area contributed by atoms with Crippen molar-refractivity contribution in [1.82, 2.24) is 4.90 Å². The van der Waals surface area contributed by atoms with Gasteiger partial charge in [0.15, 0.2) is 0 Å². The number of hydrogen-bond acceptors (Lipinski definition) is 3. The Morgan fingerprint density at radius 1 is 1.60 bits per heavy atom. The molecular weight excluding hydrogens is 192 g/mol. The molecule has 3 N–H and O–H groups in total. The molecule has 1 atom stereocenters. The van der Waals surface area contributed by atoms with Gasteiger partial charge in [-0.25, -0.2) is 0 Å². The number of rotatable bonds is 6. The van der Waals surface area contributed by atoms with E-state index in [0.717, 1.165) is 19.0 Å². The summed E-state index contributed by atoms with van der Waals surface area (Å²) in [6.45, 7) is 5.94. The maximum Gasteiger partial charge on any atom is 0.324 e. The first-order valence-corrected chi connectivity index (χ1v) is 5.70. The zero-order valence-corrected chi connectivity index (χ0v) is 9.70. The average molecular weight is 214 g/mol. The predicted molar refractivity (Wildman–Crippen MR) is 59.7 cm³/mol. The van der Waals surface area contributed by atoms with E-state index in [1.165, 1.54) is 19.3 Å². The van der Waals surface area contributed by atoms with Gasteiger partial charge in [-0.3, -0.25) is 4.79 Å². The number of hydrogen-bond donors (Lipinski definition) is 2. The molecule has 1 unspecified atom stereocenters. The van der Waals surface area contributed by atoms with Crippen LogP contribution >= 0.6 is 0 Å². The molecule has 0 aliphatic heterocycles. The van der Waals surface area contributed by atoms with E-state index in [2.05, 4.69) is 11.8 Å². The fraction of sp³-hybridized carbons (Fsp3) is 0.909. The number of carbonyl (C=O) groups is 1. The first-order valence-electron chi connectivity index (χ1n) is 5.70. The summed E-state index contributed by atoms with van der Waals surface area (Å²) in [6, 6.07) is 0. The van der Waals surface area contributed by atoms with Gasteiger partial charge in [0.25, 0.3) is 0 Å². The van der Waals surface area contributed by atoms with Crippen molar-refractivity contribution >= 4 is 5.97 Å². The fourth-order valence-corrected chi connectivity index (χ4v) is 1.88. The van der Waals surface area contributed by atoms with Crippen molar-refractivity contribution in [3.63, 3.8) is 0 Å². The summed E-state index contributed by atoms with van der Waals surface area (Å²) in [4.78, 5) is 13.0. The summed E-state index contributed by atoms with van der Waals surface area (Å²) in [5.41, 5.74) is 4.60. The van der Waals surface area contributed by atoms with Gasteiger partial charge in [-0.2, -0.15) is 0 Å². The quantitative estimate of drug-likeness (QED) is 0.689. The lowest BCUT2D eigenvalue weighted by Gasteiger charge is -2.34. The maximum atomic E-state index is 10.9. The van der Waals surface area contributed by atoms with Gasteiger partial charge < -0.3 is 15.7 Å². The second kappa shape index (κ2) is 4.94. The standard InChI is InChI=1S/C11H22N2O2/c1-3-13(7-9-5-4-6-9)8-11(2,12)10(14)15/h9H,3-8,12H2,1-2H3,(H,14,15). The Kier molecular flexibility index (Phi) is 4.11. The van der Waals surface area contributed by atoms with Gasteiger partial charge in [-0.15, -0.1) is 0 Å². The molecule has 1 rings (SSSR count). The normalized spacial score (nSPS) is 21.1. The third-order valence-electron chi connectivity index (χ3n) is 3.23. The summed E-state index contributed by atoms with van der Waals surface area (Å²) >= 11 is 0. The number of carboxylic acid groups (broad SMARTS) is 1. The molecule has 0 radical (unpaired) electrons. The van der Waals surface area contributed by atoms with Crippen LogP contribution in [-0.4, -0.2) is 41.1 Å². The van der Waals surface area contributed by atoms with Crippen molar-refractivity contribution in [2.24, 2.45) is 11.7 Å². The Balaban J connectivity index is 2.40. The molecule has 0 bridgehead atoms. The zero-order chi connectivity index (χ0) is 11.5. The molecule has 0 saturated heterocycles. The Bertz CT molecular complexity index is 225. The molecule has 0 heterocycles. The average Bonchev–Trinajstić information content (AvgIpc) is 2.08. The highest BCUT2D eigenvalue weighted by molar-refractivity contribution is 5.78. The first-order chi connectivity index (χ1) is 6.95. The van der Waals surface area contributed by atoms with Gasteiger partial charge in [-0.05, 0) is 32.2 Å². The monoisotopic (exact) mass is 214 g/mol. The van der Waals surface area contributed by atoms with Crippen LogP contribution in [0.4, 0.5) is 0 Å². The molecule has 0 aromatic heterocycles. The molecule has 1 aliphatic rings. The molecule has 1 fully saturated rings. The lowest BCUT2D eigenvalue weighted by atomic mass is 9.85. The second-order valence-corrected chi connectivity index (χ2v) is 4.85. The SMILES string of the molecule is CCN(CC1CCC1)CC(C)(N)C(=O)O. The van der Waals surface area contributed by atoms with Crippen LogP contribution in [0.5, 0.6) is 0 Å². The summed E-state index contributed by atoms with van der Waals surface area (Å²) < 4.78 is 0. The molecule has 1 aliphatic carbocycles. The molecule has 88 valence electrons. The van der Waals surface area contributed by atoms with Gasteiger partial charge in [0, 0.05) is 13.1 Å². The van der Waals surface area contributed by atoms with Gasteiger partial charge in [0.1, 0.15) is 5.54 Å². The number of carboxylic acids is 1. The minimum absolute atomic E-state index is 0.440. The lowest BCUT2D eigenvalue weighted by Crippen LogP contribution is -2.54. The topological polar surface area (TPSA) is 66.6 Å². The summed E-state index contributed by atoms with van der Waals surface area (Å²) in [5, 5.41) is 8.94. The number of aliphatic carboxylic acids is 1. The van der Waals surface area contributed by atoms with Gasteiger partial charge in [0.2, 0.25) is 0 Å².